The van der Waals surface area contributed by atoms with Crippen LogP contribution in [-0.4, -0.2) is 39.8 Å². The van der Waals surface area contributed by atoms with Crippen LogP contribution in [0.5, 0.6) is 0 Å². The van der Waals surface area contributed by atoms with Crippen molar-refractivity contribution in [2.24, 2.45) is 0 Å². The van der Waals surface area contributed by atoms with E-state index in [1.165, 1.54) is 4.90 Å². The Morgan fingerprint density at radius 3 is 2.57 bits per heavy atom. The van der Waals surface area contributed by atoms with Crippen molar-refractivity contribution in [1.29, 1.82) is 0 Å². The normalized spacial score (nSPS) is 12.7. The van der Waals surface area contributed by atoms with E-state index in [0.717, 1.165) is 5.56 Å². The summed E-state index contributed by atoms with van der Waals surface area (Å²) in [7, 11) is 1.70. The smallest absolute Gasteiger partial charge is 0.410 e. The number of amides is 1. The molecule has 0 spiro atoms. The summed E-state index contributed by atoms with van der Waals surface area (Å²) in [6.45, 7) is 7.44. The summed E-state index contributed by atoms with van der Waals surface area (Å²) in [6.07, 6.45) is 0.100. The Labute approximate surface area is 136 Å². The number of hydrogen-bond donors (Lipinski definition) is 0. The SMILES string of the molecule is CC(Cc1nc(-c2ccccc2)no1)N(C)C(=O)OC(C)(C)C. The number of aromatic nitrogens is 2. The predicted molar refractivity (Wildman–Crippen MR) is 86.9 cm³/mol. The lowest BCUT2D eigenvalue weighted by Crippen LogP contribution is -2.40. The molecule has 0 aliphatic heterocycles. The van der Waals surface area contributed by atoms with Gasteiger partial charge >= 0.3 is 6.09 Å². The second-order valence-corrected chi connectivity index (χ2v) is 6.52. The average Bonchev–Trinajstić information content (AvgIpc) is 2.94. The van der Waals surface area contributed by atoms with Gasteiger partial charge in [-0.2, -0.15) is 4.98 Å². The third-order valence-electron chi connectivity index (χ3n) is 3.31. The van der Waals surface area contributed by atoms with E-state index in [4.69, 9.17) is 9.26 Å². The Hall–Kier alpha value is -2.37. The second-order valence-electron chi connectivity index (χ2n) is 6.52. The molecule has 2 aromatic rings. The predicted octanol–water partition coefficient (Wildman–Crippen LogP) is 3.53. The topological polar surface area (TPSA) is 68.5 Å². The standard InChI is InChI=1S/C17H23N3O3/c1-12(20(5)16(21)22-17(2,3)4)11-14-18-15(19-23-14)13-9-7-6-8-10-13/h6-10,12H,11H2,1-5H3. The largest absolute Gasteiger partial charge is 0.444 e. The van der Waals surface area contributed by atoms with E-state index >= 15 is 0 Å². The summed E-state index contributed by atoms with van der Waals surface area (Å²) >= 11 is 0. The summed E-state index contributed by atoms with van der Waals surface area (Å²) < 4.78 is 10.6. The van der Waals surface area contributed by atoms with Crippen LogP contribution in [0.4, 0.5) is 4.79 Å². The van der Waals surface area contributed by atoms with Crippen LogP contribution in [0.2, 0.25) is 0 Å². The minimum Gasteiger partial charge on any atom is -0.444 e. The van der Waals surface area contributed by atoms with E-state index in [-0.39, 0.29) is 12.1 Å². The van der Waals surface area contributed by atoms with Crippen molar-refractivity contribution < 1.29 is 14.1 Å². The molecule has 1 aromatic heterocycles. The molecule has 0 aliphatic rings. The Balaban J connectivity index is 1.99. The van der Waals surface area contributed by atoms with Crippen LogP contribution >= 0.6 is 0 Å². The lowest BCUT2D eigenvalue weighted by molar-refractivity contribution is 0.0231. The Morgan fingerprint density at radius 2 is 1.96 bits per heavy atom. The van der Waals surface area contributed by atoms with Gasteiger partial charge in [-0.3, -0.25) is 0 Å². The van der Waals surface area contributed by atoms with Crippen molar-refractivity contribution in [1.82, 2.24) is 15.0 Å². The highest BCUT2D eigenvalue weighted by Gasteiger charge is 2.24. The molecule has 124 valence electrons. The fraction of sp³-hybridized carbons (Fsp3) is 0.471. The zero-order valence-corrected chi connectivity index (χ0v) is 14.2. The van der Waals surface area contributed by atoms with Crippen LogP contribution in [0, 0.1) is 0 Å². The summed E-state index contributed by atoms with van der Waals surface area (Å²) in [6, 6.07) is 9.50. The fourth-order valence-corrected chi connectivity index (χ4v) is 1.95. The summed E-state index contributed by atoms with van der Waals surface area (Å²) in [5.74, 6) is 1.04. The van der Waals surface area contributed by atoms with Crippen LogP contribution in [0.15, 0.2) is 34.9 Å². The van der Waals surface area contributed by atoms with Gasteiger partial charge in [0, 0.05) is 25.1 Å². The van der Waals surface area contributed by atoms with E-state index < -0.39 is 5.60 Å². The zero-order chi connectivity index (χ0) is 17.0. The molecule has 0 saturated heterocycles. The minimum absolute atomic E-state index is 0.117. The molecule has 2 rings (SSSR count). The lowest BCUT2D eigenvalue weighted by Gasteiger charge is -2.28. The second kappa shape index (κ2) is 6.81. The van der Waals surface area contributed by atoms with Crippen LogP contribution in [0.1, 0.15) is 33.6 Å². The number of hydrogen-bond acceptors (Lipinski definition) is 5. The first kappa shape index (κ1) is 17.0. The molecule has 0 fully saturated rings. The molecule has 0 aliphatic carbocycles. The van der Waals surface area contributed by atoms with Gasteiger partial charge < -0.3 is 14.2 Å². The van der Waals surface area contributed by atoms with Gasteiger partial charge in [-0.05, 0) is 27.7 Å². The van der Waals surface area contributed by atoms with E-state index in [1.54, 1.807) is 7.05 Å². The number of likely N-dealkylation sites (N-methyl/N-ethyl adjacent to an activating group) is 1. The molecule has 0 saturated carbocycles. The van der Waals surface area contributed by atoms with Crippen LogP contribution in [-0.2, 0) is 11.2 Å². The van der Waals surface area contributed by atoms with Gasteiger partial charge in [0.25, 0.3) is 0 Å². The third-order valence-corrected chi connectivity index (χ3v) is 3.31. The first-order valence-corrected chi connectivity index (χ1v) is 7.60. The van der Waals surface area contributed by atoms with Crippen molar-refractivity contribution in [2.75, 3.05) is 7.05 Å². The van der Waals surface area contributed by atoms with E-state index in [9.17, 15) is 4.79 Å². The number of benzene rings is 1. The highest BCUT2D eigenvalue weighted by molar-refractivity contribution is 5.68. The van der Waals surface area contributed by atoms with Gasteiger partial charge in [0.1, 0.15) is 5.60 Å². The van der Waals surface area contributed by atoms with Crippen LogP contribution < -0.4 is 0 Å². The highest BCUT2D eigenvalue weighted by atomic mass is 16.6. The molecule has 1 amide bonds. The Morgan fingerprint density at radius 1 is 1.30 bits per heavy atom. The van der Waals surface area contributed by atoms with E-state index in [2.05, 4.69) is 10.1 Å². The molecule has 1 unspecified atom stereocenters. The van der Waals surface area contributed by atoms with Crippen molar-refractivity contribution in [3.63, 3.8) is 0 Å². The minimum atomic E-state index is -0.518. The van der Waals surface area contributed by atoms with Crippen molar-refractivity contribution in [3.05, 3.63) is 36.2 Å². The van der Waals surface area contributed by atoms with Gasteiger partial charge in [0.2, 0.25) is 11.7 Å². The molecule has 1 atom stereocenters. The fourth-order valence-electron chi connectivity index (χ4n) is 1.95. The average molecular weight is 317 g/mol. The van der Waals surface area contributed by atoms with Crippen molar-refractivity contribution in [3.8, 4) is 11.4 Å². The maximum atomic E-state index is 12.1. The molecule has 0 bridgehead atoms. The summed E-state index contributed by atoms with van der Waals surface area (Å²) in [5.41, 5.74) is 0.381. The van der Waals surface area contributed by atoms with Gasteiger partial charge in [-0.15, -0.1) is 0 Å². The molecule has 6 nitrogen and oxygen atoms in total. The number of carbonyl (C=O) groups excluding carboxylic acids is 1. The van der Waals surface area contributed by atoms with Gasteiger partial charge in [-0.25, -0.2) is 4.79 Å². The van der Waals surface area contributed by atoms with Crippen molar-refractivity contribution in [2.45, 2.75) is 45.8 Å². The number of nitrogens with zero attached hydrogens (tertiary/aromatic N) is 3. The zero-order valence-electron chi connectivity index (χ0n) is 14.2. The highest BCUT2D eigenvalue weighted by Crippen LogP contribution is 2.17. The Kier molecular flexibility index (Phi) is 5.03. The maximum Gasteiger partial charge on any atom is 0.410 e. The summed E-state index contributed by atoms with van der Waals surface area (Å²) in [5, 5.41) is 3.98. The molecular formula is C17H23N3O3. The lowest BCUT2D eigenvalue weighted by atomic mass is 10.2. The van der Waals surface area contributed by atoms with Gasteiger partial charge in [-0.1, -0.05) is 35.5 Å². The molecule has 6 heteroatoms. The molecule has 1 aromatic carbocycles. The quantitative estimate of drug-likeness (QED) is 0.863. The molecular weight excluding hydrogens is 294 g/mol. The number of carbonyl (C=O) groups is 1. The third kappa shape index (κ3) is 4.81. The van der Waals surface area contributed by atoms with Gasteiger partial charge in [0.05, 0.1) is 0 Å². The van der Waals surface area contributed by atoms with Gasteiger partial charge in [0.15, 0.2) is 0 Å². The summed E-state index contributed by atoms with van der Waals surface area (Å²) in [4.78, 5) is 18.0. The Bertz CT molecular complexity index is 647. The van der Waals surface area contributed by atoms with Crippen LogP contribution in [0.25, 0.3) is 11.4 Å². The van der Waals surface area contributed by atoms with E-state index in [0.29, 0.717) is 18.1 Å². The first-order valence-electron chi connectivity index (χ1n) is 7.60. The molecule has 1 heterocycles. The molecule has 0 N–H and O–H groups in total. The molecule has 0 radical (unpaired) electrons. The van der Waals surface area contributed by atoms with E-state index in [1.807, 2.05) is 58.0 Å². The monoisotopic (exact) mass is 317 g/mol. The molecule has 23 heavy (non-hydrogen) atoms. The number of ether oxygens (including phenoxy) is 1. The number of rotatable bonds is 4. The first-order chi connectivity index (χ1) is 10.8. The van der Waals surface area contributed by atoms with Crippen molar-refractivity contribution >= 4 is 6.09 Å². The maximum absolute atomic E-state index is 12.1. The van der Waals surface area contributed by atoms with Crippen LogP contribution in [0.3, 0.4) is 0 Å².